The van der Waals surface area contributed by atoms with Gasteiger partial charge in [0.25, 0.3) is 0 Å². The van der Waals surface area contributed by atoms with Crippen molar-refractivity contribution >= 4 is 21.9 Å². The van der Waals surface area contributed by atoms with Crippen LogP contribution in [0, 0.1) is 11.6 Å². The highest BCUT2D eigenvalue weighted by molar-refractivity contribution is 9.10. The summed E-state index contributed by atoms with van der Waals surface area (Å²) in [5.41, 5.74) is -0.191. The van der Waals surface area contributed by atoms with Crippen molar-refractivity contribution in [2.24, 2.45) is 0 Å². The third-order valence-electron chi connectivity index (χ3n) is 2.61. The molecule has 0 spiro atoms. The molecule has 0 atom stereocenters. The smallest absolute Gasteiger partial charge is 0.336 e. The lowest BCUT2D eigenvalue weighted by molar-refractivity contribution is 0.0695. The van der Waals surface area contributed by atoms with Gasteiger partial charge in [0.15, 0.2) is 0 Å². The summed E-state index contributed by atoms with van der Waals surface area (Å²) in [6.07, 6.45) is 0. The molecule has 2 rings (SSSR count). The van der Waals surface area contributed by atoms with E-state index in [1.54, 1.807) is 0 Å². The number of halogens is 3. The minimum atomic E-state index is -1.13. The van der Waals surface area contributed by atoms with Crippen LogP contribution in [0.1, 0.15) is 15.9 Å². The molecule has 6 heteroatoms. The molecule has 20 heavy (non-hydrogen) atoms. The summed E-state index contributed by atoms with van der Waals surface area (Å²) in [7, 11) is 0. The molecule has 0 aromatic heterocycles. The Hall–Kier alpha value is -1.95. The van der Waals surface area contributed by atoms with Crippen molar-refractivity contribution in [3.8, 4) is 5.75 Å². The highest BCUT2D eigenvalue weighted by Crippen LogP contribution is 2.24. The first kappa shape index (κ1) is 14.5. The van der Waals surface area contributed by atoms with E-state index < -0.39 is 17.6 Å². The summed E-state index contributed by atoms with van der Waals surface area (Å²) < 4.78 is 32.4. The van der Waals surface area contributed by atoms with Crippen LogP contribution >= 0.6 is 15.9 Å². The first-order valence-electron chi connectivity index (χ1n) is 5.57. The summed E-state index contributed by atoms with van der Waals surface area (Å²) >= 11 is 3.09. The molecule has 0 fully saturated rings. The molecule has 104 valence electrons. The molecule has 0 bridgehead atoms. The second-order valence-corrected chi connectivity index (χ2v) is 4.79. The van der Waals surface area contributed by atoms with Crippen LogP contribution in [0.4, 0.5) is 8.78 Å². The van der Waals surface area contributed by atoms with Crippen molar-refractivity contribution in [3.63, 3.8) is 0 Å². The van der Waals surface area contributed by atoms with Gasteiger partial charge in [-0.25, -0.2) is 13.6 Å². The third kappa shape index (κ3) is 3.14. The maximum Gasteiger partial charge on any atom is 0.336 e. The molecule has 0 amide bonds. The Morgan fingerprint density at radius 1 is 1.20 bits per heavy atom. The summed E-state index contributed by atoms with van der Waals surface area (Å²) in [4.78, 5) is 11.0. The van der Waals surface area contributed by atoms with E-state index in [0.29, 0.717) is 4.47 Å². The van der Waals surface area contributed by atoms with Gasteiger partial charge in [-0.3, -0.25) is 0 Å². The topological polar surface area (TPSA) is 46.5 Å². The van der Waals surface area contributed by atoms with Gasteiger partial charge >= 0.3 is 5.97 Å². The highest BCUT2D eigenvalue weighted by Gasteiger charge is 2.12. The maximum absolute atomic E-state index is 13.4. The molecule has 1 N–H and O–H groups in total. The molecule has 0 unspecified atom stereocenters. The highest BCUT2D eigenvalue weighted by atomic mass is 79.9. The van der Waals surface area contributed by atoms with Crippen LogP contribution in [0.15, 0.2) is 40.9 Å². The average molecular weight is 343 g/mol. The van der Waals surface area contributed by atoms with E-state index in [1.807, 2.05) is 0 Å². The number of rotatable bonds is 4. The number of hydrogen-bond acceptors (Lipinski definition) is 2. The fourth-order valence-corrected chi connectivity index (χ4v) is 2.00. The molecule has 3 nitrogen and oxygen atoms in total. The Bertz CT molecular complexity index is 639. The number of ether oxygens (including phenoxy) is 1. The van der Waals surface area contributed by atoms with Gasteiger partial charge in [-0.2, -0.15) is 0 Å². The lowest BCUT2D eigenvalue weighted by Crippen LogP contribution is -2.03. The first-order valence-corrected chi connectivity index (χ1v) is 6.37. The number of carbonyl (C=O) groups is 1. The van der Waals surface area contributed by atoms with Gasteiger partial charge in [-0.1, -0.05) is 6.07 Å². The zero-order valence-corrected chi connectivity index (χ0v) is 11.7. The van der Waals surface area contributed by atoms with Crippen LogP contribution < -0.4 is 4.74 Å². The molecule has 0 heterocycles. The van der Waals surface area contributed by atoms with E-state index in [9.17, 15) is 13.6 Å². The summed E-state index contributed by atoms with van der Waals surface area (Å²) in [6.45, 7) is -0.320. The first-order chi connectivity index (χ1) is 9.49. The van der Waals surface area contributed by atoms with Gasteiger partial charge in [-0.05, 0) is 46.3 Å². The number of benzene rings is 2. The lowest BCUT2D eigenvalue weighted by Gasteiger charge is -2.09. The molecular formula is C14H9BrF2O3. The van der Waals surface area contributed by atoms with E-state index in [-0.39, 0.29) is 23.5 Å². The van der Waals surface area contributed by atoms with E-state index in [4.69, 9.17) is 9.84 Å². The predicted octanol–water partition coefficient (Wildman–Crippen LogP) is 4.00. The van der Waals surface area contributed by atoms with E-state index in [0.717, 1.165) is 12.1 Å². The zero-order chi connectivity index (χ0) is 14.7. The van der Waals surface area contributed by atoms with Crippen molar-refractivity contribution in [1.82, 2.24) is 0 Å². The fourth-order valence-electron chi connectivity index (χ4n) is 1.58. The molecule has 2 aromatic rings. The van der Waals surface area contributed by atoms with Crippen LogP contribution in [0.3, 0.4) is 0 Å². The standard InChI is InChI=1S/C14H9BrF2O3/c15-11-5-4-8(6-9(11)14(18)19)20-7-10-12(16)2-1-3-13(10)17/h1-6H,7H2,(H,18,19). The van der Waals surface area contributed by atoms with Crippen LogP contribution in [-0.4, -0.2) is 11.1 Å². The quantitative estimate of drug-likeness (QED) is 0.913. The molecule has 0 saturated carbocycles. The minimum absolute atomic E-state index is 0.0107. The second-order valence-electron chi connectivity index (χ2n) is 3.94. The Balaban J connectivity index is 2.19. The summed E-state index contributed by atoms with van der Waals surface area (Å²) in [5.74, 6) is -2.33. The summed E-state index contributed by atoms with van der Waals surface area (Å²) in [5, 5.41) is 8.96. The van der Waals surface area contributed by atoms with E-state index >= 15 is 0 Å². The van der Waals surface area contributed by atoms with E-state index in [1.165, 1.54) is 24.3 Å². The van der Waals surface area contributed by atoms with Crippen LogP contribution in [0.5, 0.6) is 5.75 Å². The van der Waals surface area contributed by atoms with Gasteiger partial charge in [0.1, 0.15) is 24.0 Å². The minimum Gasteiger partial charge on any atom is -0.489 e. The molecule has 0 saturated heterocycles. The second kappa shape index (κ2) is 6.00. The van der Waals surface area contributed by atoms with E-state index in [2.05, 4.69) is 15.9 Å². The largest absolute Gasteiger partial charge is 0.489 e. The summed E-state index contributed by atoms with van der Waals surface area (Å²) in [6, 6.07) is 7.81. The number of carboxylic acids is 1. The Morgan fingerprint density at radius 2 is 1.85 bits per heavy atom. The molecule has 0 aliphatic rings. The van der Waals surface area contributed by atoms with Crippen molar-refractivity contribution in [3.05, 3.63) is 63.6 Å². The van der Waals surface area contributed by atoms with Crippen molar-refractivity contribution in [1.29, 1.82) is 0 Å². The average Bonchev–Trinajstić information content (AvgIpc) is 2.39. The number of carboxylic acid groups (broad SMARTS) is 1. The third-order valence-corrected chi connectivity index (χ3v) is 3.30. The van der Waals surface area contributed by atoms with Crippen molar-refractivity contribution in [2.45, 2.75) is 6.61 Å². The van der Waals surface area contributed by atoms with Crippen molar-refractivity contribution < 1.29 is 23.4 Å². The molecule has 0 aliphatic carbocycles. The Morgan fingerprint density at radius 3 is 2.45 bits per heavy atom. The molecule has 0 radical (unpaired) electrons. The molecule has 0 aliphatic heterocycles. The monoisotopic (exact) mass is 342 g/mol. The van der Waals surface area contributed by atoms with Crippen LogP contribution in [0.2, 0.25) is 0 Å². The van der Waals surface area contributed by atoms with Gasteiger partial charge in [-0.15, -0.1) is 0 Å². The van der Waals surface area contributed by atoms with Gasteiger partial charge in [0, 0.05) is 4.47 Å². The SMILES string of the molecule is O=C(O)c1cc(OCc2c(F)cccc2F)ccc1Br. The fraction of sp³-hybridized carbons (Fsp3) is 0.0714. The van der Waals surface area contributed by atoms with Gasteiger partial charge in [0.05, 0.1) is 11.1 Å². The lowest BCUT2D eigenvalue weighted by atomic mass is 10.2. The Kier molecular flexibility index (Phi) is 4.34. The molecule has 2 aromatic carbocycles. The van der Waals surface area contributed by atoms with Crippen molar-refractivity contribution in [2.75, 3.05) is 0 Å². The Labute approximate surface area is 121 Å². The zero-order valence-electron chi connectivity index (χ0n) is 10.1. The van der Waals surface area contributed by atoms with Gasteiger partial charge in [0.2, 0.25) is 0 Å². The number of aromatic carboxylic acids is 1. The number of hydrogen-bond donors (Lipinski definition) is 1. The predicted molar refractivity (Wildman–Crippen MR) is 71.8 cm³/mol. The van der Waals surface area contributed by atoms with Crippen LogP contribution in [-0.2, 0) is 6.61 Å². The molecular weight excluding hydrogens is 334 g/mol. The normalized spacial score (nSPS) is 10.3. The van der Waals surface area contributed by atoms with Gasteiger partial charge < -0.3 is 9.84 Å². The maximum atomic E-state index is 13.4. The van der Waals surface area contributed by atoms with Crippen LogP contribution in [0.25, 0.3) is 0 Å².